The van der Waals surface area contributed by atoms with Gasteiger partial charge in [-0.3, -0.25) is 0 Å². The van der Waals surface area contributed by atoms with Gasteiger partial charge in [0.05, 0.1) is 23.9 Å². The summed E-state index contributed by atoms with van der Waals surface area (Å²) in [6.07, 6.45) is 5.70. The van der Waals surface area contributed by atoms with Crippen LogP contribution in [0.5, 0.6) is 0 Å². The molecule has 2 rings (SSSR count). The first-order valence-electron chi connectivity index (χ1n) is 8.96. The number of hydrogen-bond acceptors (Lipinski definition) is 5. The molecule has 0 radical (unpaired) electrons. The predicted octanol–water partition coefficient (Wildman–Crippen LogP) is 2.00. The van der Waals surface area contributed by atoms with E-state index < -0.39 is 29.0 Å². The minimum Gasteiger partial charge on any atom is -0.390 e. The van der Waals surface area contributed by atoms with Gasteiger partial charge in [0.15, 0.2) is 0 Å². The van der Waals surface area contributed by atoms with Gasteiger partial charge < -0.3 is 25.2 Å². The molecule has 0 spiro atoms. The van der Waals surface area contributed by atoms with Crippen molar-refractivity contribution in [1.29, 1.82) is 0 Å². The monoisotopic (exact) mass is 352 g/mol. The predicted molar refractivity (Wildman–Crippen MR) is 97.1 cm³/mol. The minimum absolute atomic E-state index is 0.246. The summed E-state index contributed by atoms with van der Waals surface area (Å²) in [5.74, 6) is 0. The highest BCUT2D eigenvalue weighted by atomic mass is 16.5. The Morgan fingerprint density at radius 1 is 1.20 bits per heavy atom. The van der Waals surface area contributed by atoms with Crippen LogP contribution in [0.15, 0.2) is 36.0 Å². The van der Waals surface area contributed by atoms with Crippen molar-refractivity contribution in [3.63, 3.8) is 0 Å². The van der Waals surface area contributed by atoms with Crippen molar-refractivity contribution >= 4 is 0 Å². The maximum atomic E-state index is 11.1. The number of ether oxygens (including phenoxy) is 1. The van der Waals surface area contributed by atoms with Crippen LogP contribution in [0.2, 0.25) is 0 Å². The smallest absolute Gasteiger partial charge is 0.117 e. The summed E-state index contributed by atoms with van der Waals surface area (Å²) in [4.78, 5) is 0. The molecule has 0 bridgehead atoms. The summed E-state index contributed by atoms with van der Waals surface area (Å²) in [5, 5.41) is 42.4. The largest absolute Gasteiger partial charge is 0.390 e. The number of allylic oxidation sites excluding steroid dienone is 1. The van der Waals surface area contributed by atoms with Crippen LogP contribution in [-0.4, -0.2) is 56.0 Å². The molecule has 1 aliphatic heterocycles. The Morgan fingerprint density at radius 3 is 2.56 bits per heavy atom. The van der Waals surface area contributed by atoms with E-state index in [9.17, 15) is 20.4 Å². The maximum Gasteiger partial charge on any atom is 0.117 e. The van der Waals surface area contributed by atoms with Crippen LogP contribution < -0.4 is 0 Å². The lowest BCUT2D eigenvalue weighted by Crippen LogP contribution is -2.41. The van der Waals surface area contributed by atoms with Crippen molar-refractivity contribution in [2.75, 3.05) is 6.61 Å². The first-order chi connectivity index (χ1) is 11.5. The molecule has 1 heterocycles. The summed E-state index contributed by atoms with van der Waals surface area (Å²) < 4.78 is 5.70. The number of rotatable bonds is 0. The third-order valence-corrected chi connectivity index (χ3v) is 5.51. The van der Waals surface area contributed by atoms with Crippen molar-refractivity contribution in [2.24, 2.45) is 0 Å². The molecule has 5 nitrogen and oxygen atoms in total. The first-order valence-corrected chi connectivity index (χ1v) is 8.96. The van der Waals surface area contributed by atoms with E-state index in [1.54, 1.807) is 26.0 Å². The van der Waals surface area contributed by atoms with Crippen LogP contribution in [0.4, 0.5) is 0 Å². The molecule has 2 aliphatic rings. The SMILES string of the molecule is C=C1CO[C@@H]2C=C(C)CC[C@H](O)[C@](C)(O)CC=C[C@@](C)(O)CC[C@]12O. The van der Waals surface area contributed by atoms with Crippen LogP contribution in [0.3, 0.4) is 0 Å². The van der Waals surface area contributed by atoms with E-state index >= 15 is 0 Å². The van der Waals surface area contributed by atoms with E-state index in [4.69, 9.17) is 4.74 Å². The fourth-order valence-electron chi connectivity index (χ4n) is 3.39. The maximum absolute atomic E-state index is 11.1. The Morgan fingerprint density at radius 2 is 1.88 bits per heavy atom. The number of aliphatic hydroxyl groups is 4. The van der Waals surface area contributed by atoms with Crippen molar-refractivity contribution in [3.8, 4) is 0 Å². The first kappa shape index (κ1) is 20.3. The second-order valence-electron chi connectivity index (χ2n) is 8.15. The molecular weight excluding hydrogens is 320 g/mol. The molecule has 1 fully saturated rings. The highest BCUT2D eigenvalue weighted by Gasteiger charge is 2.45. The summed E-state index contributed by atoms with van der Waals surface area (Å²) in [7, 11) is 0. The van der Waals surface area contributed by atoms with Gasteiger partial charge in [0.25, 0.3) is 0 Å². The Labute approximate surface area is 150 Å². The zero-order chi connectivity index (χ0) is 18.9. The van der Waals surface area contributed by atoms with E-state index in [-0.39, 0.29) is 6.42 Å². The standard InChI is InChI=1S/C20H32O5/c1-14-6-7-16(21)19(4,23)9-5-8-18(3,22)10-11-20(24)15(2)13-25-17(20)12-14/h5,8,12,16-17,21-24H,2,6-7,9-11,13H2,1,3-4H3/t16-,17+,18+,19+,20-/m0/s1. The molecule has 0 saturated carbocycles. The molecular formula is C20H32O5. The van der Waals surface area contributed by atoms with Gasteiger partial charge in [0.1, 0.15) is 11.7 Å². The molecule has 5 heteroatoms. The van der Waals surface area contributed by atoms with E-state index in [0.29, 0.717) is 37.9 Å². The van der Waals surface area contributed by atoms with Crippen LogP contribution in [0.25, 0.3) is 0 Å². The highest BCUT2D eigenvalue weighted by Crippen LogP contribution is 2.37. The van der Waals surface area contributed by atoms with Gasteiger partial charge in [-0.1, -0.05) is 30.4 Å². The second kappa shape index (κ2) is 7.33. The molecule has 5 atom stereocenters. The molecule has 1 saturated heterocycles. The average molecular weight is 352 g/mol. The van der Waals surface area contributed by atoms with E-state index in [1.165, 1.54) is 0 Å². The van der Waals surface area contributed by atoms with Gasteiger partial charge >= 0.3 is 0 Å². The fourth-order valence-corrected chi connectivity index (χ4v) is 3.39. The number of hydrogen-bond donors (Lipinski definition) is 4. The van der Waals surface area contributed by atoms with E-state index in [1.807, 2.05) is 13.0 Å². The molecule has 0 aromatic carbocycles. The molecule has 0 amide bonds. The van der Waals surface area contributed by atoms with Gasteiger partial charge in [-0.2, -0.15) is 0 Å². The zero-order valence-electron chi connectivity index (χ0n) is 15.5. The van der Waals surface area contributed by atoms with Gasteiger partial charge in [-0.05, 0) is 58.4 Å². The van der Waals surface area contributed by atoms with Gasteiger partial charge in [-0.15, -0.1) is 0 Å². The van der Waals surface area contributed by atoms with Gasteiger partial charge in [0, 0.05) is 0 Å². The van der Waals surface area contributed by atoms with E-state index in [0.717, 1.165) is 5.57 Å². The normalized spacial score (nSPS) is 44.1. The van der Waals surface area contributed by atoms with Gasteiger partial charge in [0.2, 0.25) is 0 Å². The van der Waals surface area contributed by atoms with Crippen molar-refractivity contribution in [1.82, 2.24) is 0 Å². The van der Waals surface area contributed by atoms with Crippen molar-refractivity contribution < 1.29 is 25.2 Å². The van der Waals surface area contributed by atoms with E-state index in [2.05, 4.69) is 6.58 Å². The number of aliphatic hydroxyl groups excluding tert-OH is 1. The quantitative estimate of drug-likeness (QED) is 0.501. The average Bonchev–Trinajstić information content (AvgIpc) is 2.78. The lowest BCUT2D eigenvalue weighted by atomic mass is 9.81. The molecule has 0 unspecified atom stereocenters. The molecule has 4 N–H and O–H groups in total. The fraction of sp³-hybridized carbons (Fsp3) is 0.700. The summed E-state index contributed by atoms with van der Waals surface area (Å²) in [6.45, 7) is 9.42. The Hall–Kier alpha value is -0.980. The number of fused-ring (bicyclic) bond motifs is 1. The summed E-state index contributed by atoms with van der Waals surface area (Å²) in [6, 6.07) is 0. The van der Waals surface area contributed by atoms with Crippen LogP contribution in [0, 0.1) is 0 Å². The highest BCUT2D eigenvalue weighted by molar-refractivity contribution is 5.26. The second-order valence-corrected chi connectivity index (χ2v) is 8.15. The lowest BCUT2D eigenvalue weighted by Gasteiger charge is -2.32. The molecule has 142 valence electrons. The van der Waals surface area contributed by atoms with Crippen LogP contribution >= 0.6 is 0 Å². The zero-order valence-corrected chi connectivity index (χ0v) is 15.5. The third kappa shape index (κ3) is 4.80. The summed E-state index contributed by atoms with van der Waals surface area (Å²) >= 11 is 0. The lowest BCUT2D eigenvalue weighted by molar-refractivity contribution is -0.0628. The molecule has 0 aromatic rings. The summed E-state index contributed by atoms with van der Waals surface area (Å²) in [5.41, 5.74) is -1.99. The van der Waals surface area contributed by atoms with Gasteiger partial charge in [-0.25, -0.2) is 0 Å². The molecule has 1 aliphatic carbocycles. The minimum atomic E-state index is -1.25. The van der Waals surface area contributed by atoms with Crippen molar-refractivity contribution in [3.05, 3.63) is 36.0 Å². The Balaban J connectivity index is 2.31. The topological polar surface area (TPSA) is 90.2 Å². The third-order valence-electron chi connectivity index (χ3n) is 5.51. The Kier molecular flexibility index (Phi) is 5.96. The van der Waals surface area contributed by atoms with Crippen LogP contribution in [0.1, 0.15) is 52.9 Å². The Bertz CT molecular complexity index is 560. The molecule has 0 aromatic heterocycles. The van der Waals surface area contributed by atoms with Crippen molar-refractivity contribution in [2.45, 2.75) is 81.9 Å². The molecule has 25 heavy (non-hydrogen) atoms. The van der Waals surface area contributed by atoms with Crippen LogP contribution in [-0.2, 0) is 4.74 Å².